The number of hydrogen-bond acceptors (Lipinski definition) is 6. The fraction of sp³-hybridized carbons (Fsp3) is 0.455. The maximum absolute atomic E-state index is 5.48. The zero-order chi connectivity index (χ0) is 19.2. The highest BCUT2D eigenvalue weighted by atomic mass is 16.5. The Kier molecular flexibility index (Phi) is 5.95. The molecule has 4 rings (SSSR count). The van der Waals surface area contributed by atoms with Crippen LogP contribution in [0.4, 0.5) is 5.82 Å². The summed E-state index contributed by atoms with van der Waals surface area (Å²) in [6.07, 6.45) is 11.9. The lowest BCUT2D eigenvalue weighted by Crippen LogP contribution is -2.31. The maximum atomic E-state index is 5.48. The number of nitrogens with zero attached hydrogens (tertiary/aromatic N) is 5. The molecule has 1 atom stereocenters. The van der Waals surface area contributed by atoms with Crippen LogP contribution in [0.15, 0.2) is 47.4 Å². The molecular formula is C22H27N5O. The van der Waals surface area contributed by atoms with Crippen molar-refractivity contribution in [2.45, 2.75) is 51.4 Å². The van der Waals surface area contributed by atoms with Crippen LogP contribution in [0, 0.1) is 0 Å². The Morgan fingerprint density at radius 2 is 1.96 bits per heavy atom. The third-order valence-electron chi connectivity index (χ3n) is 5.29. The smallest absolute Gasteiger partial charge is 0.226 e. The normalized spacial score (nSPS) is 15.5. The number of pyridine rings is 2. The van der Waals surface area contributed by atoms with Crippen LogP contribution in [0.25, 0.3) is 0 Å². The fourth-order valence-electron chi connectivity index (χ4n) is 3.87. The fourth-order valence-corrected chi connectivity index (χ4v) is 3.87. The van der Waals surface area contributed by atoms with E-state index in [1.807, 2.05) is 24.5 Å². The van der Waals surface area contributed by atoms with Crippen molar-refractivity contribution in [3.63, 3.8) is 0 Å². The molecule has 0 amide bonds. The van der Waals surface area contributed by atoms with Gasteiger partial charge in [0, 0.05) is 38.1 Å². The molecule has 1 aliphatic heterocycles. The molecule has 0 radical (unpaired) electrons. The first kappa shape index (κ1) is 18.6. The molecule has 6 nitrogen and oxygen atoms in total. The SMILES string of the molecule is CCCc1nc(C(Cc2cccnc2N2CCCCC2)c2cccnc2)no1. The van der Waals surface area contributed by atoms with E-state index >= 15 is 0 Å². The molecule has 0 N–H and O–H groups in total. The van der Waals surface area contributed by atoms with Crippen molar-refractivity contribution in [1.29, 1.82) is 0 Å². The van der Waals surface area contributed by atoms with E-state index in [0.717, 1.165) is 49.6 Å². The summed E-state index contributed by atoms with van der Waals surface area (Å²) >= 11 is 0. The molecular weight excluding hydrogens is 350 g/mol. The van der Waals surface area contributed by atoms with E-state index in [1.54, 1.807) is 6.20 Å². The molecule has 0 aliphatic carbocycles. The van der Waals surface area contributed by atoms with Crippen molar-refractivity contribution in [2.24, 2.45) is 0 Å². The molecule has 1 unspecified atom stereocenters. The molecule has 4 heterocycles. The molecule has 0 bridgehead atoms. The van der Waals surface area contributed by atoms with E-state index in [-0.39, 0.29) is 5.92 Å². The minimum absolute atomic E-state index is 0.00389. The molecule has 3 aromatic rings. The van der Waals surface area contributed by atoms with Gasteiger partial charge in [0.25, 0.3) is 0 Å². The van der Waals surface area contributed by atoms with Crippen LogP contribution < -0.4 is 4.90 Å². The molecule has 1 saturated heterocycles. The number of aromatic nitrogens is 4. The molecule has 0 aromatic carbocycles. The van der Waals surface area contributed by atoms with E-state index in [1.165, 1.54) is 24.8 Å². The minimum atomic E-state index is -0.00389. The van der Waals surface area contributed by atoms with Crippen LogP contribution in [0.3, 0.4) is 0 Å². The van der Waals surface area contributed by atoms with Gasteiger partial charge in [-0.2, -0.15) is 4.98 Å². The first-order chi connectivity index (χ1) is 13.8. The third-order valence-corrected chi connectivity index (χ3v) is 5.29. The van der Waals surface area contributed by atoms with Crippen LogP contribution in [-0.2, 0) is 12.8 Å². The van der Waals surface area contributed by atoms with Gasteiger partial charge in [0.2, 0.25) is 5.89 Å². The van der Waals surface area contributed by atoms with Gasteiger partial charge in [-0.05, 0) is 55.4 Å². The second kappa shape index (κ2) is 8.95. The second-order valence-electron chi connectivity index (χ2n) is 7.37. The van der Waals surface area contributed by atoms with Gasteiger partial charge in [0.05, 0.1) is 5.92 Å². The summed E-state index contributed by atoms with van der Waals surface area (Å²) < 4.78 is 5.48. The van der Waals surface area contributed by atoms with Gasteiger partial charge in [-0.25, -0.2) is 4.98 Å². The van der Waals surface area contributed by atoms with Crippen molar-refractivity contribution in [3.8, 4) is 0 Å². The molecule has 0 spiro atoms. The van der Waals surface area contributed by atoms with Crippen LogP contribution in [-0.4, -0.2) is 33.2 Å². The van der Waals surface area contributed by atoms with Crippen LogP contribution >= 0.6 is 0 Å². The highest BCUT2D eigenvalue weighted by Crippen LogP contribution is 2.30. The van der Waals surface area contributed by atoms with E-state index < -0.39 is 0 Å². The van der Waals surface area contributed by atoms with E-state index in [0.29, 0.717) is 5.89 Å². The van der Waals surface area contributed by atoms with Crippen molar-refractivity contribution in [3.05, 3.63) is 65.7 Å². The average Bonchev–Trinajstić information content (AvgIpc) is 3.22. The number of anilines is 1. The summed E-state index contributed by atoms with van der Waals surface area (Å²) in [7, 11) is 0. The van der Waals surface area contributed by atoms with E-state index in [9.17, 15) is 0 Å². The molecule has 3 aromatic heterocycles. The summed E-state index contributed by atoms with van der Waals surface area (Å²) in [6.45, 7) is 4.26. The summed E-state index contributed by atoms with van der Waals surface area (Å²) in [6, 6.07) is 8.24. The van der Waals surface area contributed by atoms with Crippen molar-refractivity contribution in [2.75, 3.05) is 18.0 Å². The number of rotatable bonds is 7. The number of hydrogen-bond donors (Lipinski definition) is 0. The molecule has 146 valence electrons. The van der Waals surface area contributed by atoms with Crippen LogP contribution in [0.2, 0.25) is 0 Å². The third kappa shape index (κ3) is 4.21. The average molecular weight is 377 g/mol. The first-order valence-corrected chi connectivity index (χ1v) is 10.3. The Morgan fingerprint density at radius 3 is 2.75 bits per heavy atom. The molecule has 6 heteroatoms. The largest absolute Gasteiger partial charge is 0.356 e. The monoisotopic (exact) mass is 377 g/mol. The van der Waals surface area contributed by atoms with Gasteiger partial charge in [0.1, 0.15) is 5.82 Å². The number of piperidine rings is 1. The minimum Gasteiger partial charge on any atom is -0.356 e. The quantitative estimate of drug-likeness (QED) is 0.615. The Morgan fingerprint density at radius 1 is 1.11 bits per heavy atom. The predicted octanol–water partition coefficient (Wildman–Crippen LogP) is 4.18. The lowest BCUT2D eigenvalue weighted by Gasteiger charge is -2.30. The Labute approximate surface area is 166 Å². The number of aryl methyl sites for hydroxylation is 1. The summed E-state index contributed by atoms with van der Waals surface area (Å²) in [5.74, 6) is 2.52. The maximum Gasteiger partial charge on any atom is 0.226 e. The Bertz CT molecular complexity index is 873. The first-order valence-electron chi connectivity index (χ1n) is 10.3. The molecule has 28 heavy (non-hydrogen) atoms. The lowest BCUT2D eigenvalue weighted by molar-refractivity contribution is 0.370. The van der Waals surface area contributed by atoms with Gasteiger partial charge in [-0.15, -0.1) is 0 Å². The van der Waals surface area contributed by atoms with Gasteiger partial charge in [0.15, 0.2) is 5.82 Å². The highest BCUT2D eigenvalue weighted by Gasteiger charge is 2.24. The van der Waals surface area contributed by atoms with Crippen molar-refractivity contribution < 1.29 is 4.52 Å². The molecule has 1 fully saturated rings. The topological polar surface area (TPSA) is 67.9 Å². The predicted molar refractivity (Wildman–Crippen MR) is 108 cm³/mol. The highest BCUT2D eigenvalue weighted by molar-refractivity contribution is 5.48. The zero-order valence-electron chi connectivity index (χ0n) is 16.4. The summed E-state index contributed by atoms with van der Waals surface area (Å²) in [4.78, 5) is 16.1. The Hall–Kier alpha value is -2.76. The van der Waals surface area contributed by atoms with Gasteiger partial charge in [-0.1, -0.05) is 24.2 Å². The van der Waals surface area contributed by atoms with Crippen LogP contribution in [0.1, 0.15) is 61.4 Å². The second-order valence-corrected chi connectivity index (χ2v) is 7.37. The Balaban J connectivity index is 1.66. The lowest BCUT2D eigenvalue weighted by atomic mass is 9.92. The molecule has 1 aliphatic rings. The van der Waals surface area contributed by atoms with Crippen molar-refractivity contribution >= 4 is 5.82 Å². The molecule has 0 saturated carbocycles. The zero-order valence-corrected chi connectivity index (χ0v) is 16.4. The van der Waals surface area contributed by atoms with Gasteiger partial charge < -0.3 is 9.42 Å². The van der Waals surface area contributed by atoms with Gasteiger partial charge >= 0.3 is 0 Å². The van der Waals surface area contributed by atoms with Crippen molar-refractivity contribution in [1.82, 2.24) is 20.1 Å². The standard InChI is InChI=1S/C22H27N5O/c1-2-8-20-25-21(26-28-20)19(18-10-6-11-23-16-18)15-17-9-7-12-24-22(17)27-13-4-3-5-14-27/h6-7,9-12,16,19H,2-5,8,13-15H2,1H3. The van der Waals surface area contributed by atoms with E-state index in [4.69, 9.17) is 9.51 Å². The summed E-state index contributed by atoms with van der Waals surface area (Å²) in [5, 5.41) is 4.30. The van der Waals surface area contributed by atoms with Crippen LogP contribution in [0.5, 0.6) is 0 Å². The van der Waals surface area contributed by atoms with Gasteiger partial charge in [-0.3, -0.25) is 4.98 Å². The van der Waals surface area contributed by atoms with E-state index in [2.05, 4.69) is 39.1 Å². The summed E-state index contributed by atoms with van der Waals surface area (Å²) in [5.41, 5.74) is 2.32.